The van der Waals surface area contributed by atoms with Crippen LogP contribution in [0.4, 0.5) is 8.78 Å². The van der Waals surface area contributed by atoms with Gasteiger partial charge in [0, 0.05) is 22.9 Å². The largest absolute Gasteiger partial charge is 0.298 e. The summed E-state index contributed by atoms with van der Waals surface area (Å²) < 4.78 is 25.9. The molecule has 2 aromatic carbocycles. The van der Waals surface area contributed by atoms with E-state index in [2.05, 4.69) is 4.98 Å². The minimum atomic E-state index is -0.340. The number of benzene rings is 2. The first-order valence-electron chi connectivity index (χ1n) is 6.64. The maximum atomic E-state index is 13.0. The van der Waals surface area contributed by atoms with Crippen molar-refractivity contribution < 1.29 is 13.6 Å². The number of carbonyl (C=O) groups excluding carboxylic acids is 1. The van der Waals surface area contributed by atoms with Crippen molar-refractivity contribution in [3.8, 4) is 22.4 Å². The molecule has 0 N–H and O–H groups in total. The Morgan fingerprint density at radius 1 is 0.818 bits per heavy atom. The van der Waals surface area contributed by atoms with Crippen LogP contribution in [0.15, 0.2) is 60.8 Å². The van der Waals surface area contributed by atoms with Crippen molar-refractivity contribution in [3.05, 3.63) is 78.0 Å². The molecule has 1 aromatic heterocycles. The van der Waals surface area contributed by atoms with Crippen molar-refractivity contribution in [1.29, 1.82) is 0 Å². The normalized spacial score (nSPS) is 10.5. The number of pyridine rings is 1. The zero-order chi connectivity index (χ0) is 15.5. The van der Waals surface area contributed by atoms with Crippen LogP contribution >= 0.6 is 0 Å². The Bertz CT molecular complexity index is 811. The summed E-state index contributed by atoms with van der Waals surface area (Å²) in [5.74, 6) is -0.672. The first-order valence-corrected chi connectivity index (χ1v) is 6.64. The van der Waals surface area contributed by atoms with Gasteiger partial charge in [-0.25, -0.2) is 8.78 Å². The van der Waals surface area contributed by atoms with Crippen LogP contribution < -0.4 is 0 Å². The van der Waals surface area contributed by atoms with Gasteiger partial charge in [-0.2, -0.15) is 0 Å². The zero-order valence-corrected chi connectivity index (χ0v) is 11.5. The third-order valence-electron chi connectivity index (χ3n) is 3.36. The predicted molar refractivity (Wildman–Crippen MR) is 80.4 cm³/mol. The minimum absolute atomic E-state index is 0.331. The van der Waals surface area contributed by atoms with Gasteiger partial charge in [-0.15, -0.1) is 0 Å². The van der Waals surface area contributed by atoms with Crippen LogP contribution in [0.25, 0.3) is 22.4 Å². The maximum absolute atomic E-state index is 13.0. The lowest BCUT2D eigenvalue weighted by molar-refractivity contribution is 0.112. The molecule has 1 heterocycles. The summed E-state index contributed by atoms with van der Waals surface area (Å²) in [5.41, 5.74) is 3.08. The predicted octanol–water partition coefficient (Wildman–Crippen LogP) is 4.51. The van der Waals surface area contributed by atoms with Gasteiger partial charge in [0.1, 0.15) is 11.6 Å². The number of halogens is 2. The highest BCUT2D eigenvalue weighted by Crippen LogP contribution is 2.26. The van der Waals surface area contributed by atoms with Gasteiger partial charge in [-0.05, 0) is 48.0 Å². The Hall–Kier alpha value is -2.88. The van der Waals surface area contributed by atoms with Crippen LogP contribution in [0.5, 0.6) is 0 Å². The molecule has 108 valence electrons. The molecule has 22 heavy (non-hydrogen) atoms. The number of hydrogen-bond donors (Lipinski definition) is 0. The monoisotopic (exact) mass is 295 g/mol. The summed E-state index contributed by atoms with van der Waals surface area (Å²) in [4.78, 5) is 15.7. The molecule has 2 nitrogen and oxygen atoms in total. The summed E-state index contributed by atoms with van der Waals surface area (Å²) in [6, 6.07) is 13.4. The molecular weight excluding hydrogens is 284 g/mol. The third-order valence-corrected chi connectivity index (χ3v) is 3.36. The van der Waals surface area contributed by atoms with Crippen molar-refractivity contribution in [3.63, 3.8) is 0 Å². The Labute approximate surface area is 126 Å². The van der Waals surface area contributed by atoms with E-state index < -0.39 is 0 Å². The van der Waals surface area contributed by atoms with Gasteiger partial charge in [-0.3, -0.25) is 9.78 Å². The summed E-state index contributed by atoms with van der Waals surface area (Å²) in [5, 5.41) is 0. The quantitative estimate of drug-likeness (QED) is 0.666. The van der Waals surface area contributed by atoms with Gasteiger partial charge < -0.3 is 0 Å². The molecule has 3 rings (SSSR count). The van der Waals surface area contributed by atoms with Gasteiger partial charge in [0.15, 0.2) is 6.29 Å². The van der Waals surface area contributed by atoms with E-state index in [-0.39, 0.29) is 11.6 Å². The number of rotatable bonds is 3. The van der Waals surface area contributed by atoms with Crippen LogP contribution in [-0.2, 0) is 0 Å². The highest BCUT2D eigenvalue weighted by molar-refractivity contribution is 5.88. The van der Waals surface area contributed by atoms with Crippen molar-refractivity contribution in [2.24, 2.45) is 0 Å². The first kappa shape index (κ1) is 14.1. The topological polar surface area (TPSA) is 30.0 Å². The maximum Gasteiger partial charge on any atom is 0.150 e. The van der Waals surface area contributed by atoms with Gasteiger partial charge in [-0.1, -0.05) is 12.1 Å². The molecule has 0 radical (unpaired) electrons. The van der Waals surface area contributed by atoms with Crippen LogP contribution in [0.3, 0.4) is 0 Å². The molecule has 0 unspecified atom stereocenters. The molecule has 0 atom stereocenters. The lowest BCUT2D eigenvalue weighted by Crippen LogP contribution is -1.93. The highest BCUT2D eigenvalue weighted by Gasteiger charge is 2.09. The summed E-state index contributed by atoms with van der Waals surface area (Å²) >= 11 is 0. The summed E-state index contributed by atoms with van der Waals surface area (Å²) in [7, 11) is 0. The first-order chi connectivity index (χ1) is 10.7. The van der Waals surface area contributed by atoms with Crippen LogP contribution in [-0.4, -0.2) is 11.3 Å². The van der Waals surface area contributed by atoms with E-state index in [1.807, 2.05) is 0 Å². The molecule has 0 fully saturated rings. The third kappa shape index (κ3) is 2.76. The number of carbonyl (C=O) groups is 1. The molecule has 0 aliphatic rings. The van der Waals surface area contributed by atoms with Crippen LogP contribution in [0.1, 0.15) is 10.4 Å². The van der Waals surface area contributed by atoms with Gasteiger partial charge in [0.2, 0.25) is 0 Å². The zero-order valence-electron chi connectivity index (χ0n) is 11.5. The fourth-order valence-corrected chi connectivity index (χ4v) is 2.22. The molecule has 0 saturated carbocycles. The highest BCUT2D eigenvalue weighted by atomic mass is 19.1. The fourth-order valence-electron chi connectivity index (χ4n) is 2.22. The molecule has 0 bridgehead atoms. The van der Waals surface area contributed by atoms with Gasteiger partial charge in [0.25, 0.3) is 0 Å². The Morgan fingerprint density at radius 3 is 1.91 bits per heavy atom. The second-order valence-electron chi connectivity index (χ2n) is 4.79. The second kappa shape index (κ2) is 5.85. The average molecular weight is 295 g/mol. The second-order valence-corrected chi connectivity index (χ2v) is 4.79. The lowest BCUT2D eigenvalue weighted by atomic mass is 10.0. The molecular formula is C18H11F2NO. The van der Waals surface area contributed by atoms with Gasteiger partial charge >= 0.3 is 0 Å². The summed E-state index contributed by atoms with van der Waals surface area (Å²) in [6.45, 7) is 0. The van der Waals surface area contributed by atoms with E-state index >= 15 is 0 Å². The van der Waals surface area contributed by atoms with Crippen molar-refractivity contribution in [2.45, 2.75) is 0 Å². The Morgan fingerprint density at radius 2 is 1.36 bits per heavy atom. The van der Waals surface area contributed by atoms with E-state index in [0.29, 0.717) is 22.4 Å². The lowest BCUT2D eigenvalue weighted by Gasteiger charge is -2.08. The van der Waals surface area contributed by atoms with Crippen molar-refractivity contribution in [2.75, 3.05) is 0 Å². The Kier molecular flexibility index (Phi) is 3.74. The average Bonchev–Trinajstić information content (AvgIpc) is 2.56. The number of aldehydes is 1. The number of nitrogens with zero attached hydrogens (tertiary/aromatic N) is 1. The molecule has 0 spiro atoms. The summed E-state index contributed by atoms with van der Waals surface area (Å²) in [6.07, 6.45) is 2.29. The molecule has 3 aromatic rings. The van der Waals surface area contributed by atoms with E-state index in [1.54, 1.807) is 36.5 Å². The van der Waals surface area contributed by atoms with E-state index in [1.165, 1.54) is 24.3 Å². The number of aromatic nitrogens is 1. The smallest absolute Gasteiger partial charge is 0.150 e. The van der Waals surface area contributed by atoms with Gasteiger partial charge in [0.05, 0.1) is 5.69 Å². The molecule has 0 amide bonds. The fraction of sp³-hybridized carbons (Fsp3) is 0. The molecule has 0 saturated heterocycles. The molecule has 0 aliphatic carbocycles. The minimum Gasteiger partial charge on any atom is -0.298 e. The van der Waals surface area contributed by atoms with E-state index in [0.717, 1.165) is 11.8 Å². The van der Waals surface area contributed by atoms with Crippen LogP contribution in [0.2, 0.25) is 0 Å². The number of hydrogen-bond acceptors (Lipinski definition) is 2. The van der Waals surface area contributed by atoms with Crippen LogP contribution in [0, 0.1) is 11.6 Å². The van der Waals surface area contributed by atoms with E-state index in [4.69, 9.17) is 0 Å². The van der Waals surface area contributed by atoms with Crippen molar-refractivity contribution in [1.82, 2.24) is 4.98 Å². The van der Waals surface area contributed by atoms with E-state index in [9.17, 15) is 13.6 Å². The Balaban J connectivity index is 2.05. The van der Waals surface area contributed by atoms with Crippen molar-refractivity contribution >= 4 is 6.29 Å². The SMILES string of the molecule is O=Cc1cc(-c2ccc(F)cc2)ncc1-c1ccc(F)cc1. The molecule has 4 heteroatoms. The standard InChI is InChI=1S/C18H11F2NO/c19-15-5-1-12(2-6-15)17-10-21-18(9-14(17)11-22)13-3-7-16(20)8-4-13/h1-11H. The molecule has 0 aliphatic heterocycles.